The minimum absolute atomic E-state index is 0.225. The molecule has 3 aromatic heterocycles. The highest BCUT2D eigenvalue weighted by Gasteiger charge is 2.40. The van der Waals surface area contributed by atoms with Gasteiger partial charge in [0.15, 0.2) is 11.5 Å². The third-order valence-corrected chi connectivity index (χ3v) is 4.92. The highest BCUT2D eigenvalue weighted by atomic mass is 16.3. The first-order valence-electron chi connectivity index (χ1n) is 8.21. The van der Waals surface area contributed by atoms with Crippen LogP contribution >= 0.6 is 0 Å². The number of anilines is 1. The average Bonchev–Trinajstić information content (AvgIpc) is 3.25. The summed E-state index contributed by atoms with van der Waals surface area (Å²) in [4.78, 5) is 34.3. The number of imidazole rings is 1. The third-order valence-electron chi connectivity index (χ3n) is 4.92. The van der Waals surface area contributed by atoms with E-state index in [1.54, 1.807) is 18.3 Å². The quantitative estimate of drug-likeness (QED) is 0.672. The summed E-state index contributed by atoms with van der Waals surface area (Å²) in [5, 5.41) is 10.9. The molecule has 1 aliphatic rings. The maximum Gasteiger partial charge on any atom is 0.257 e. The smallest absolute Gasteiger partial charge is 0.257 e. The Bertz CT molecular complexity index is 944. The summed E-state index contributed by atoms with van der Waals surface area (Å²) < 4.78 is 1.81. The van der Waals surface area contributed by atoms with Gasteiger partial charge in [0.2, 0.25) is 0 Å². The van der Waals surface area contributed by atoms with Crippen molar-refractivity contribution in [1.82, 2.24) is 34.4 Å². The third kappa shape index (κ3) is 2.54. The second-order valence-corrected chi connectivity index (χ2v) is 6.33. The van der Waals surface area contributed by atoms with Crippen LogP contribution in [0.2, 0.25) is 0 Å². The normalized spacial score (nSPS) is 22.6. The van der Waals surface area contributed by atoms with Crippen LogP contribution in [0.1, 0.15) is 29.2 Å². The second-order valence-electron chi connectivity index (χ2n) is 6.33. The fourth-order valence-electron chi connectivity index (χ4n) is 3.54. The molecule has 1 fully saturated rings. The summed E-state index contributed by atoms with van der Waals surface area (Å²) in [5.74, 6) is 0.0755. The van der Waals surface area contributed by atoms with E-state index >= 15 is 0 Å². The zero-order valence-electron chi connectivity index (χ0n) is 14.1. The molecule has 0 aliphatic heterocycles. The van der Waals surface area contributed by atoms with Crippen molar-refractivity contribution in [2.45, 2.75) is 31.0 Å². The van der Waals surface area contributed by atoms with E-state index < -0.39 is 6.10 Å². The first-order chi connectivity index (χ1) is 12.6. The molecule has 3 N–H and O–H groups in total. The molecule has 0 spiro atoms. The van der Waals surface area contributed by atoms with Gasteiger partial charge in [-0.15, -0.1) is 0 Å². The van der Waals surface area contributed by atoms with E-state index in [-0.39, 0.29) is 18.0 Å². The van der Waals surface area contributed by atoms with Gasteiger partial charge in [-0.3, -0.25) is 4.79 Å². The minimum atomic E-state index is -0.762. The number of nitrogen functional groups attached to an aromatic ring is 1. The van der Waals surface area contributed by atoms with Gasteiger partial charge in [0, 0.05) is 19.4 Å². The first-order valence-corrected chi connectivity index (χ1v) is 8.21. The molecule has 134 valence electrons. The highest BCUT2D eigenvalue weighted by molar-refractivity contribution is 5.93. The molecular formula is C16H18N8O2. The molecule has 1 aliphatic carbocycles. The van der Waals surface area contributed by atoms with Gasteiger partial charge in [-0.25, -0.2) is 24.9 Å². The topological polar surface area (TPSA) is 136 Å². The lowest BCUT2D eigenvalue weighted by molar-refractivity contribution is 0.0446. The van der Waals surface area contributed by atoms with Crippen molar-refractivity contribution in [2.75, 3.05) is 12.8 Å². The standard InChI is InChI=1S/C16H18N8O2/c1-23(16(26)9-4-18-6-19-5-9)10-2-3-11(13(10)25)24-8-22-12-14(17)20-7-21-15(12)24/h4-8,10-11,13,25H,2-3H2,1H3,(H2,17,20,21)/t10-,11+,13+/m1/s1. The van der Waals surface area contributed by atoms with Gasteiger partial charge in [0.05, 0.1) is 30.1 Å². The van der Waals surface area contributed by atoms with E-state index in [0.717, 1.165) is 0 Å². The van der Waals surface area contributed by atoms with Gasteiger partial charge in [-0.2, -0.15) is 0 Å². The van der Waals surface area contributed by atoms with E-state index in [4.69, 9.17) is 5.73 Å². The van der Waals surface area contributed by atoms with Crippen molar-refractivity contribution in [2.24, 2.45) is 0 Å². The predicted octanol–water partition coefficient (Wildman–Crippen LogP) is 0.0351. The number of hydrogen-bond donors (Lipinski definition) is 2. The Balaban J connectivity index is 1.59. The summed E-state index contributed by atoms with van der Waals surface area (Å²) >= 11 is 0. The number of nitrogens with two attached hydrogens (primary N) is 1. The fourth-order valence-corrected chi connectivity index (χ4v) is 3.54. The summed E-state index contributed by atoms with van der Waals surface area (Å²) in [6, 6.07) is -0.578. The van der Waals surface area contributed by atoms with Crippen LogP contribution in [-0.4, -0.2) is 64.6 Å². The molecule has 10 heteroatoms. The van der Waals surface area contributed by atoms with Crippen LogP contribution in [0.15, 0.2) is 31.4 Å². The monoisotopic (exact) mass is 354 g/mol. The van der Waals surface area contributed by atoms with Gasteiger partial charge in [-0.1, -0.05) is 0 Å². The lowest BCUT2D eigenvalue weighted by Crippen LogP contribution is -2.43. The predicted molar refractivity (Wildman–Crippen MR) is 91.9 cm³/mol. The summed E-state index contributed by atoms with van der Waals surface area (Å²) in [6.07, 6.45) is 7.86. The van der Waals surface area contributed by atoms with Crippen LogP contribution in [0.3, 0.4) is 0 Å². The molecule has 3 heterocycles. The van der Waals surface area contributed by atoms with Crippen molar-refractivity contribution in [3.8, 4) is 0 Å². The van der Waals surface area contributed by atoms with Crippen molar-refractivity contribution in [1.29, 1.82) is 0 Å². The number of rotatable bonds is 3. The zero-order chi connectivity index (χ0) is 18.3. The van der Waals surface area contributed by atoms with Crippen molar-refractivity contribution >= 4 is 22.9 Å². The first kappa shape index (κ1) is 16.3. The van der Waals surface area contributed by atoms with Crippen molar-refractivity contribution in [3.63, 3.8) is 0 Å². The van der Waals surface area contributed by atoms with E-state index in [2.05, 4.69) is 24.9 Å². The van der Waals surface area contributed by atoms with Crippen molar-refractivity contribution in [3.05, 3.63) is 36.9 Å². The van der Waals surface area contributed by atoms with E-state index in [9.17, 15) is 9.90 Å². The van der Waals surface area contributed by atoms with E-state index in [1.165, 1.54) is 25.0 Å². The highest BCUT2D eigenvalue weighted by Crippen LogP contribution is 2.35. The molecule has 0 bridgehead atoms. The number of carbonyl (C=O) groups is 1. The number of fused-ring (bicyclic) bond motifs is 1. The van der Waals surface area contributed by atoms with E-state index in [1.807, 2.05) is 4.57 Å². The minimum Gasteiger partial charge on any atom is -0.389 e. The van der Waals surface area contributed by atoms with Crippen LogP contribution in [0.5, 0.6) is 0 Å². The number of aliphatic hydroxyl groups excluding tert-OH is 1. The molecule has 10 nitrogen and oxygen atoms in total. The second kappa shape index (κ2) is 6.30. The molecular weight excluding hydrogens is 336 g/mol. The maximum absolute atomic E-state index is 12.6. The molecule has 0 unspecified atom stereocenters. The zero-order valence-corrected chi connectivity index (χ0v) is 14.1. The Morgan fingerprint density at radius 3 is 2.77 bits per heavy atom. The lowest BCUT2D eigenvalue weighted by Gasteiger charge is -2.29. The Labute approximate surface area is 148 Å². The Morgan fingerprint density at radius 2 is 2.00 bits per heavy atom. The van der Waals surface area contributed by atoms with Crippen molar-refractivity contribution < 1.29 is 9.90 Å². The molecule has 3 aromatic rings. The Hall–Kier alpha value is -3.14. The summed E-state index contributed by atoms with van der Waals surface area (Å²) in [6.45, 7) is 0. The number of hydrogen-bond acceptors (Lipinski definition) is 8. The number of carbonyl (C=O) groups excluding carboxylic acids is 1. The van der Waals surface area contributed by atoms with Crippen LogP contribution in [0, 0.1) is 0 Å². The maximum atomic E-state index is 12.6. The number of aromatic nitrogens is 6. The molecule has 0 radical (unpaired) electrons. The molecule has 3 atom stereocenters. The molecule has 0 saturated heterocycles. The number of aliphatic hydroxyl groups is 1. The summed E-state index contributed by atoms with van der Waals surface area (Å²) in [7, 11) is 1.68. The molecule has 4 rings (SSSR count). The van der Waals surface area contributed by atoms with Crippen LogP contribution in [0.4, 0.5) is 5.82 Å². The number of likely N-dealkylation sites (N-methyl/N-ethyl adjacent to an activating group) is 1. The molecule has 26 heavy (non-hydrogen) atoms. The van der Waals surface area contributed by atoms with Gasteiger partial charge in [0.1, 0.15) is 18.2 Å². The van der Waals surface area contributed by atoms with E-state index in [0.29, 0.717) is 35.4 Å². The largest absolute Gasteiger partial charge is 0.389 e. The lowest BCUT2D eigenvalue weighted by atomic mass is 10.1. The van der Waals surface area contributed by atoms with Crippen LogP contribution < -0.4 is 5.73 Å². The van der Waals surface area contributed by atoms with Gasteiger partial charge in [-0.05, 0) is 12.8 Å². The molecule has 0 aromatic carbocycles. The van der Waals surface area contributed by atoms with Gasteiger partial charge in [0.25, 0.3) is 5.91 Å². The molecule has 1 saturated carbocycles. The Morgan fingerprint density at radius 1 is 1.23 bits per heavy atom. The van der Waals surface area contributed by atoms with Gasteiger partial charge >= 0.3 is 0 Å². The SMILES string of the molecule is CN(C(=O)c1cncnc1)[C@@H]1CC[C@H](n2cnc3c(N)ncnc32)[C@H]1O. The molecule has 1 amide bonds. The van der Waals surface area contributed by atoms with Gasteiger partial charge < -0.3 is 20.3 Å². The number of nitrogens with zero attached hydrogens (tertiary/aromatic N) is 7. The summed E-state index contributed by atoms with van der Waals surface area (Å²) in [5.41, 5.74) is 7.30. The Kier molecular flexibility index (Phi) is 3.96. The van der Waals surface area contributed by atoms with Crippen LogP contribution in [-0.2, 0) is 0 Å². The average molecular weight is 354 g/mol. The number of amides is 1. The fraction of sp³-hybridized carbons (Fsp3) is 0.375. The van der Waals surface area contributed by atoms with Crippen LogP contribution in [0.25, 0.3) is 11.2 Å².